The van der Waals surface area contributed by atoms with Crippen LogP contribution in [0.15, 0.2) is 69.4 Å². The first-order chi connectivity index (χ1) is 16.4. The summed E-state index contributed by atoms with van der Waals surface area (Å²) in [6, 6.07) is 12.1. The van der Waals surface area contributed by atoms with E-state index in [-0.39, 0.29) is 23.8 Å². The minimum absolute atomic E-state index is 0.0763. The average Bonchev–Trinajstić information content (AvgIpc) is 3.42. The van der Waals surface area contributed by atoms with Crippen molar-refractivity contribution in [1.82, 2.24) is 5.32 Å². The van der Waals surface area contributed by atoms with E-state index in [9.17, 15) is 14.4 Å². The highest BCUT2D eigenvalue weighted by atomic mass is 32.1. The minimum Gasteiger partial charge on any atom is -0.462 e. The number of amides is 2. The summed E-state index contributed by atoms with van der Waals surface area (Å²) in [4.78, 5) is 43.1. The number of ether oxygens (including phenoxy) is 1. The van der Waals surface area contributed by atoms with Gasteiger partial charge in [0, 0.05) is 5.70 Å². The zero-order valence-corrected chi connectivity index (χ0v) is 19.5. The van der Waals surface area contributed by atoms with Crippen LogP contribution in [0.25, 0.3) is 0 Å². The van der Waals surface area contributed by atoms with Gasteiger partial charge in [-0.15, -0.1) is 11.3 Å². The van der Waals surface area contributed by atoms with E-state index in [4.69, 9.17) is 9.15 Å². The lowest BCUT2D eigenvalue weighted by molar-refractivity contribution is -0.137. The molecule has 4 rings (SSSR count). The first-order valence-corrected chi connectivity index (χ1v) is 11.3. The largest absolute Gasteiger partial charge is 0.462 e. The molecular weight excluding hydrogens is 456 g/mol. The van der Waals surface area contributed by atoms with Crippen molar-refractivity contribution in [3.8, 4) is 0 Å². The van der Waals surface area contributed by atoms with Gasteiger partial charge in [0.1, 0.15) is 11.4 Å². The maximum absolute atomic E-state index is 13.2. The number of hydrogen-bond acceptors (Lipinski definition) is 8. The molecule has 0 radical (unpaired) electrons. The Hall–Kier alpha value is -4.18. The lowest BCUT2D eigenvalue weighted by atomic mass is 10.1. The number of hydrogen-bond donors (Lipinski definition) is 3. The van der Waals surface area contributed by atoms with Gasteiger partial charge < -0.3 is 25.1 Å². The van der Waals surface area contributed by atoms with Crippen LogP contribution in [0.2, 0.25) is 0 Å². The summed E-state index contributed by atoms with van der Waals surface area (Å²) in [5.74, 6) is -1.25. The number of benzene rings is 1. The molecule has 3 heterocycles. The van der Waals surface area contributed by atoms with Crippen LogP contribution in [0.4, 0.5) is 16.4 Å². The third-order valence-electron chi connectivity index (χ3n) is 4.89. The van der Waals surface area contributed by atoms with E-state index in [1.54, 1.807) is 45.0 Å². The van der Waals surface area contributed by atoms with Crippen molar-refractivity contribution < 1.29 is 23.5 Å². The van der Waals surface area contributed by atoms with Crippen LogP contribution in [0.5, 0.6) is 0 Å². The molecule has 0 fully saturated rings. The number of esters is 1. The third-order valence-corrected chi connectivity index (χ3v) is 6.04. The summed E-state index contributed by atoms with van der Waals surface area (Å²) in [6.45, 7) is 5.35. The summed E-state index contributed by atoms with van der Waals surface area (Å²) < 4.78 is 10.3. The Labute approximate surface area is 199 Å². The number of para-hydroxylation sites is 2. The fourth-order valence-corrected chi connectivity index (χ4v) is 4.32. The number of furan rings is 1. The minimum atomic E-state index is -0.603. The lowest BCUT2D eigenvalue weighted by Gasteiger charge is -2.13. The van der Waals surface area contributed by atoms with Gasteiger partial charge in [-0.25, -0.2) is 9.79 Å². The summed E-state index contributed by atoms with van der Waals surface area (Å²) >= 11 is 1.10. The maximum Gasteiger partial charge on any atom is 0.343 e. The second kappa shape index (κ2) is 9.75. The number of thiophene rings is 1. The van der Waals surface area contributed by atoms with Crippen molar-refractivity contribution in [3.63, 3.8) is 0 Å². The highest BCUT2D eigenvalue weighted by Gasteiger charge is 2.27. The number of amidine groups is 1. The van der Waals surface area contributed by atoms with Crippen molar-refractivity contribution in [2.75, 3.05) is 17.2 Å². The molecule has 3 N–H and O–H groups in total. The van der Waals surface area contributed by atoms with Crippen molar-refractivity contribution in [2.24, 2.45) is 4.99 Å². The molecule has 9 nitrogen and oxygen atoms in total. The molecule has 2 aromatic heterocycles. The van der Waals surface area contributed by atoms with Crippen molar-refractivity contribution in [1.29, 1.82) is 0 Å². The Morgan fingerprint density at radius 3 is 2.62 bits per heavy atom. The number of rotatable bonds is 5. The van der Waals surface area contributed by atoms with E-state index in [0.29, 0.717) is 32.5 Å². The predicted octanol–water partition coefficient (Wildman–Crippen LogP) is 4.62. The number of anilines is 2. The number of fused-ring (bicyclic) bond motifs is 1. The monoisotopic (exact) mass is 478 g/mol. The molecule has 0 unspecified atom stereocenters. The summed E-state index contributed by atoms with van der Waals surface area (Å²) in [5.41, 5.74) is 2.54. The molecule has 0 saturated heterocycles. The van der Waals surface area contributed by atoms with Gasteiger partial charge in [0.2, 0.25) is 0 Å². The molecule has 1 aromatic carbocycles. The molecule has 0 spiro atoms. The molecule has 0 aliphatic carbocycles. The van der Waals surface area contributed by atoms with E-state index >= 15 is 0 Å². The van der Waals surface area contributed by atoms with Gasteiger partial charge in [0.15, 0.2) is 5.76 Å². The molecule has 0 bridgehead atoms. The Balaban J connectivity index is 1.63. The molecule has 174 valence electrons. The van der Waals surface area contributed by atoms with Gasteiger partial charge in [-0.2, -0.15) is 0 Å². The second-order valence-electron chi connectivity index (χ2n) is 7.33. The third kappa shape index (κ3) is 4.76. The number of nitrogens with zero attached hydrogens (tertiary/aromatic N) is 1. The predicted molar refractivity (Wildman–Crippen MR) is 130 cm³/mol. The number of aliphatic imine (C=N–C) groups is 1. The van der Waals surface area contributed by atoms with Gasteiger partial charge in [0.05, 0.1) is 34.1 Å². The van der Waals surface area contributed by atoms with E-state index in [2.05, 4.69) is 20.9 Å². The number of nitrogens with one attached hydrogen (secondary N) is 3. The Bertz CT molecular complexity index is 1320. The van der Waals surface area contributed by atoms with Gasteiger partial charge in [-0.05, 0) is 56.7 Å². The summed E-state index contributed by atoms with van der Waals surface area (Å²) in [7, 11) is 0. The van der Waals surface area contributed by atoms with Crippen molar-refractivity contribution >= 4 is 51.3 Å². The van der Waals surface area contributed by atoms with Gasteiger partial charge >= 0.3 is 5.97 Å². The fourth-order valence-electron chi connectivity index (χ4n) is 3.35. The smallest absolute Gasteiger partial charge is 0.343 e. The van der Waals surface area contributed by atoms with Gasteiger partial charge in [-0.1, -0.05) is 12.1 Å². The van der Waals surface area contributed by atoms with E-state index in [1.807, 2.05) is 18.2 Å². The number of carbonyl (C=O) groups excluding carboxylic acids is 3. The van der Waals surface area contributed by atoms with Crippen molar-refractivity contribution in [3.05, 3.63) is 76.2 Å². The molecule has 1 aliphatic rings. The van der Waals surface area contributed by atoms with Gasteiger partial charge in [0.25, 0.3) is 11.8 Å². The Morgan fingerprint density at radius 2 is 1.88 bits per heavy atom. The van der Waals surface area contributed by atoms with Crippen LogP contribution in [0.3, 0.4) is 0 Å². The van der Waals surface area contributed by atoms with Crippen LogP contribution in [0.1, 0.15) is 39.6 Å². The van der Waals surface area contributed by atoms with Crippen LogP contribution in [0, 0.1) is 6.92 Å². The van der Waals surface area contributed by atoms with E-state index in [0.717, 1.165) is 11.3 Å². The van der Waals surface area contributed by atoms with Crippen molar-refractivity contribution in [2.45, 2.75) is 20.8 Å². The summed E-state index contributed by atoms with van der Waals surface area (Å²) in [5, 5.41) is 9.13. The number of aryl methyl sites for hydroxylation is 1. The van der Waals surface area contributed by atoms with Crippen LogP contribution < -0.4 is 16.0 Å². The first-order valence-electron chi connectivity index (χ1n) is 10.5. The molecule has 0 saturated carbocycles. The molecule has 0 atom stereocenters. The Morgan fingerprint density at radius 1 is 1.09 bits per heavy atom. The average molecular weight is 479 g/mol. The number of allylic oxidation sites excluding steroid dienone is 1. The molecule has 3 aromatic rings. The van der Waals surface area contributed by atoms with E-state index < -0.39 is 17.8 Å². The molecular formula is C24H22N4O5S. The fraction of sp³-hybridized carbons (Fsp3) is 0.167. The summed E-state index contributed by atoms with van der Waals surface area (Å²) in [6.07, 6.45) is 1.41. The van der Waals surface area contributed by atoms with Crippen LogP contribution in [-0.2, 0) is 9.53 Å². The molecule has 34 heavy (non-hydrogen) atoms. The topological polar surface area (TPSA) is 122 Å². The lowest BCUT2D eigenvalue weighted by Crippen LogP contribution is -2.35. The Kier molecular flexibility index (Phi) is 6.60. The van der Waals surface area contributed by atoms with Gasteiger partial charge in [-0.3, -0.25) is 9.59 Å². The highest BCUT2D eigenvalue weighted by Crippen LogP contribution is 2.31. The quantitative estimate of drug-likeness (QED) is 0.460. The zero-order chi connectivity index (χ0) is 24.2. The molecule has 10 heteroatoms. The van der Waals surface area contributed by atoms with E-state index in [1.165, 1.54) is 6.26 Å². The van der Waals surface area contributed by atoms with Crippen LogP contribution in [-0.4, -0.2) is 30.2 Å². The second-order valence-corrected chi connectivity index (χ2v) is 8.38. The zero-order valence-electron chi connectivity index (χ0n) is 18.7. The first kappa shape index (κ1) is 23.0. The van der Waals surface area contributed by atoms with Crippen LogP contribution >= 0.6 is 11.3 Å². The maximum atomic E-state index is 13.2. The highest BCUT2D eigenvalue weighted by molar-refractivity contribution is 7.18. The SMILES string of the molecule is CCOC(=O)C1=C(C)Nc2ccccc2N=C1NC(=O)c1sc(NC(=O)c2ccco2)cc1C. The number of carbonyl (C=O) groups is 3. The normalized spacial score (nSPS) is 12.7. The molecule has 2 amide bonds. The molecule has 1 aliphatic heterocycles. The standard InChI is InChI=1S/C24H22N4O5S/c1-4-32-24(31)19-14(3)25-15-8-5-6-9-16(15)26-21(19)28-23(30)20-13(2)12-18(34-20)27-22(29)17-10-7-11-33-17/h5-12,25H,4H2,1-3H3,(H,27,29)(H,26,28,30).